The van der Waals surface area contributed by atoms with E-state index in [9.17, 15) is 4.79 Å². The largest absolute Gasteiger partial charge is 0.491 e. The van der Waals surface area contributed by atoms with Crippen molar-refractivity contribution < 1.29 is 23.7 Å². The summed E-state index contributed by atoms with van der Waals surface area (Å²) in [7, 11) is 3.23. The number of ketones is 1. The van der Waals surface area contributed by atoms with E-state index in [1.54, 1.807) is 50.6 Å². The second-order valence-electron chi connectivity index (χ2n) is 5.07. The van der Waals surface area contributed by atoms with Gasteiger partial charge in [0.1, 0.15) is 24.7 Å². The van der Waals surface area contributed by atoms with Gasteiger partial charge in [-0.15, -0.1) is 0 Å². The fourth-order valence-electron chi connectivity index (χ4n) is 2.11. The first-order chi connectivity index (χ1) is 11.7. The second kappa shape index (κ2) is 9.70. The van der Waals surface area contributed by atoms with Crippen LogP contribution in [-0.4, -0.2) is 46.4 Å². The molecule has 5 nitrogen and oxygen atoms in total. The molecule has 0 unspecified atom stereocenters. The van der Waals surface area contributed by atoms with E-state index in [-0.39, 0.29) is 5.78 Å². The summed E-state index contributed by atoms with van der Waals surface area (Å²) < 4.78 is 21.0. The van der Waals surface area contributed by atoms with E-state index in [1.165, 1.54) is 0 Å². The third-order valence-corrected chi connectivity index (χ3v) is 3.30. The lowest BCUT2D eigenvalue weighted by Crippen LogP contribution is -2.07. The number of hydrogen-bond acceptors (Lipinski definition) is 5. The highest BCUT2D eigenvalue weighted by Crippen LogP contribution is 2.20. The van der Waals surface area contributed by atoms with E-state index in [4.69, 9.17) is 18.9 Å². The van der Waals surface area contributed by atoms with Gasteiger partial charge in [0.15, 0.2) is 5.78 Å². The molecule has 2 aromatic rings. The van der Waals surface area contributed by atoms with Crippen LogP contribution in [0.1, 0.15) is 15.9 Å². The van der Waals surface area contributed by atoms with Crippen LogP contribution in [0.25, 0.3) is 0 Å². The molecular weight excluding hydrogens is 308 g/mol. The molecule has 0 fully saturated rings. The van der Waals surface area contributed by atoms with E-state index in [0.29, 0.717) is 49.1 Å². The third kappa shape index (κ3) is 5.37. The molecule has 0 atom stereocenters. The molecule has 0 aliphatic heterocycles. The predicted octanol–water partition coefficient (Wildman–Crippen LogP) is 2.97. The van der Waals surface area contributed by atoms with Gasteiger partial charge in [0.05, 0.1) is 13.2 Å². The van der Waals surface area contributed by atoms with Crippen molar-refractivity contribution in [2.45, 2.75) is 0 Å². The Kier molecular flexibility index (Phi) is 7.26. The first-order valence-electron chi connectivity index (χ1n) is 7.73. The predicted molar refractivity (Wildman–Crippen MR) is 91.1 cm³/mol. The Bertz CT molecular complexity index is 598. The molecule has 24 heavy (non-hydrogen) atoms. The Morgan fingerprint density at radius 3 is 1.62 bits per heavy atom. The van der Waals surface area contributed by atoms with E-state index in [1.807, 2.05) is 12.1 Å². The molecule has 0 heterocycles. The molecule has 2 aromatic carbocycles. The lowest BCUT2D eigenvalue weighted by Gasteiger charge is -2.09. The first kappa shape index (κ1) is 18.0. The molecule has 0 aliphatic carbocycles. The summed E-state index contributed by atoms with van der Waals surface area (Å²) >= 11 is 0. The number of hydrogen-bond donors (Lipinski definition) is 0. The minimum absolute atomic E-state index is 0.0793. The van der Waals surface area contributed by atoms with Crippen molar-refractivity contribution in [1.29, 1.82) is 0 Å². The Morgan fingerprint density at radius 1 is 0.750 bits per heavy atom. The van der Waals surface area contributed by atoms with Crippen molar-refractivity contribution in [1.82, 2.24) is 0 Å². The zero-order valence-corrected chi connectivity index (χ0v) is 14.0. The smallest absolute Gasteiger partial charge is 0.193 e. The maximum absolute atomic E-state index is 12.7. The van der Waals surface area contributed by atoms with E-state index >= 15 is 0 Å². The molecule has 0 aromatic heterocycles. The maximum atomic E-state index is 12.7. The van der Waals surface area contributed by atoms with Gasteiger partial charge >= 0.3 is 0 Å². The summed E-state index contributed by atoms with van der Waals surface area (Å²) in [6.45, 7) is 1.88. The molecule has 0 amide bonds. The highest BCUT2D eigenvalue weighted by Gasteiger charge is 2.11. The number of methoxy groups -OCH3 is 2. The van der Waals surface area contributed by atoms with Crippen molar-refractivity contribution in [3.63, 3.8) is 0 Å². The van der Waals surface area contributed by atoms with Gasteiger partial charge in [0.2, 0.25) is 0 Å². The van der Waals surface area contributed by atoms with Crippen LogP contribution in [0.5, 0.6) is 11.5 Å². The SMILES string of the molecule is COCCOc1cccc(C(=O)c2cccc(OCCOC)c2)c1. The molecule has 0 N–H and O–H groups in total. The molecule has 5 heteroatoms. The summed E-state index contributed by atoms with van der Waals surface area (Å²) in [5.74, 6) is 1.21. The van der Waals surface area contributed by atoms with Crippen LogP contribution in [0.3, 0.4) is 0 Å². The molecular formula is C19H22O5. The van der Waals surface area contributed by atoms with Crippen LogP contribution in [0.15, 0.2) is 48.5 Å². The monoisotopic (exact) mass is 330 g/mol. The number of benzene rings is 2. The average molecular weight is 330 g/mol. The topological polar surface area (TPSA) is 54.0 Å². The number of carbonyl (C=O) groups excluding carboxylic acids is 1. The highest BCUT2D eigenvalue weighted by molar-refractivity contribution is 6.09. The minimum Gasteiger partial charge on any atom is -0.491 e. The van der Waals surface area contributed by atoms with Crippen LogP contribution in [0.2, 0.25) is 0 Å². The van der Waals surface area contributed by atoms with Gasteiger partial charge in [-0.05, 0) is 24.3 Å². The van der Waals surface area contributed by atoms with Crippen molar-refractivity contribution in [3.8, 4) is 11.5 Å². The van der Waals surface area contributed by atoms with Crippen LogP contribution >= 0.6 is 0 Å². The molecule has 2 rings (SSSR count). The second-order valence-corrected chi connectivity index (χ2v) is 5.07. The summed E-state index contributed by atoms with van der Waals surface area (Å²) in [6.07, 6.45) is 0. The van der Waals surface area contributed by atoms with Crippen molar-refractivity contribution in [3.05, 3.63) is 59.7 Å². The summed E-state index contributed by atoms with van der Waals surface area (Å²) in [5, 5.41) is 0. The van der Waals surface area contributed by atoms with Gasteiger partial charge in [-0.3, -0.25) is 4.79 Å². The van der Waals surface area contributed by atoms with Crippen molar-refractivity contribution in [2.75, 3.05) is 40.6 Å². The van der Waals surface area contributed by atoms with Gasteiger partial charge in [0.25, 0.3) is 0 Å². The maximum Gasteiger partial charge on any atom is 0.193 e. The standard InChI is InChI=1S/C19H22O5/c1-21-9-11-23-17-7-3-5-15(13-17)19(20)16-6-4-8-18(14-16)24-12-10-22-2/h3-8,13-14H,9-12H2,1-2H3. The van der Waals surface area contributed by atoms with Crippen LogP contribution in [0.4, 0.5) is 0 Å². The lowest BCUT2D eigenvalue weighted by molar-refractivity contribution is 0.103. The van der Waals surface area contributed by atoms with Crippen LogP contribution in [-0.2, 0) is 9.47 Å². The van der Waals surface area contributed by atoms with E-state index in [0.717, 1.165) is 0 Å². The molecule has 0 saturated carbocycles. The van der Waals surface area contributed by atoms with Gasteiger partial charge in [-0.2, -0.15) is 0 Å². The summed E-state index contributed by atoms with van der Waals surface area (Å²) in [6, 6.07) is 14.2. The summed E-state index contributed by atoms with van der Waals surface area (Å²) in [5.41, 5.74) is 1.14. The first-order valence-corrected chi connectivity index (χ1v) is 7.73. The number of rotatable bonds is 10. The zero-order chi connectivity index (χ0) is 17.2. The molecule has 0 radical (unpaired) electrons. The highest BCUT2D eigenvalue weighted by atomic mass is 16.5. The fourth-order valence-corrected chi connectivity index (χ4v) is 2.11. The van der Waals surface area contributed by atoms with Crippen molar-refractivity contribution >= 4 is 5.78 Å². The Morgan fingerprint density at radius 2 is 1.21 bits per heavy atom. The molecule has 0 bridgehead atoms. The lowest BCUT2D eigenvalue weighted by atomic mass is 10.0. The number of carbonyl (C=O) groups is 1. The van der Waals surface area contributed by atoms with Gasteiger partial charge in [-0.25, -0.2) is 0 Å². The molecule has 0 saturated heterocycles. The van der Waals surface area contributed by atoms with Gasteiger partial charge in [0, 0.05) is 25.3 Å². The Hall–Kier alpha value is -2.37. The third-order valence-electron chi connectivity index (χ3n) is 3.30. The van der Waals surface area contributed by atoms with Gasteiger partial charge in [-0.1, -0.05) is 24.3 Å². The zero-order valence-electron chi connectivity index (χ0n) is 14.0. The normalized spacial score (nSPS) is 10.4. The van der Waals surface area contributed by atoms with E-state index in [2.05, 4.69) is 0 Å². The Labute approximate surface area is 142 Å². The quantitative estimate of drug-likeness (QED) is 0.495. The van der Waals surface area contributed by atoms with Crippen LogP contribution in [0, 0.1) is 0 Å². The van der Waals surface area contributed by atoms with Crippen molar-refractivity contribution in [2.24, 2.45) is 0 Å². The molecule has 0 spiro atoms. The molecule has 128 valence electrons. The average Bonchev–Trinajstić information content (AvgIpc) is 2.62. The Balaban J connectivity index is 2.07. The minimum atomic E-state index is -0.0793. The molecule has 0 aliphatic rings. The number of ether oxygens (including phenoxy) is 4. The van der Waals surface area contributed by atoms with Gasteiger partial charge < -0.3 is 18.9 Å². The fraction of sp³-hybridized carbons (Fsp3) is 0.316. The van der Waals surface area contributed by atoms with Crippen LogP contribution < -0.4 is 9.47 Å². The van der Waals surface area contributed by atoms with E-state index < -0.39 is 0 Å². The summed E-state index contributed by atoms with van der Waals surface area (Å²) in [4.78, 5) is 12.7.